The zero-order chi connectivity index (χ0) is 20.2. The summed E-state index contributed by atoms with van der Waals surface area (Å²) in [4.78, 5) is 36.2. The highest BCUT2D eigenvalue weighted by Gasteiger charge is 2.36. The molecule has 1 aliphatic carbocycles. The number of rotatable bonds is 15. The molecule has 0 aromatic rings. The lowest BCUT2D eigenvalue weighted by molar-refractivity contribution is -0.138. The van der Waals surface area contributed by atoms with E-state index in [1.165, 1.54) is 4.90 Å². The first-order valence-electron chi connectivity index (χ1n) is 9.46. The Morgan fingerprint density at radius 3 is 2.04 bits per heavy atom. The monoisotopic (exact) mass is 396 g/mol. The molecule has 3 amide bonds. The Morgan fingerprint density at radius 2 is 1.46 bits per heavy atom. The average molecular weight is 396 g/mol. The fourth-order valence-corrected chi connectivity index (χ4v) is 2.78. The molecule has 0 unspecified atom stereocenters. The van der Waals surface area contributed by atoms with Gasteiger partial charge in [0.15, 0.2) is 0 Å². The Kier molecular flexibility index (Phi) is 9.84. The fourth-order valence-electron chi connectivity index (χ4n) is 2.78. The first-order chi connectivity index (χ1) is 13.6. The number of nitrogens with two attached hydrogens (primary N) is 1. The molecule has 1 aliphatic heterocycles. The summed E-state index contributed by atoms with van der Waals surface area (Å²) in [6, 6.07) is 0. The normalized spacial score (nSPS) is 16.2. The van der Waals surface area contributed by atoms with Crippen molar-refractivity contribution in [1.29, 1.82) is 0 Å². The number of hydrogen-bond acceptors (Lipinski definition) is 7. The average Bonchev–Trinajstić information content (AvgIpc) is 2.93. The predicted octanol–water partition coefficient (Wildman–Crippen LogP) is -0.0564. The highest BCUT2D eigenvalue weighted by molar-refractivity contribution is 6.20. The fraction of sp³-hybridized carbons (Fsp3) is 0.632. The molecule has 0 aromatic heterocycles. The largest absolute Gasteiger partial charge is 0.379 e. The van der Waals surface area contributed by atoms with Crippen LogP contribution in [0.1, 0.15) is 19.3 Å². The Morgan fingerprint density at radius 1 is 0.893 bits per heavy atom. The number of allylic oxidation sites excluding steroid dienone is 1. The first kappa shape index (κ1) is 22.2. The van der Waals surface area contributed by atoms with Crippen LogP contribution in [0.15, 0.2) is 23.3 Å². The number of amides is 3. The van der Waals surface area contributed by atoms with Crippen LogP contribution in [0.4, 0.5) is 0 Å². The van der Waals surface area contributed by atoms with Gasteiger partial charge in [-0.2, -0.15) is 0 Å². The Hall–Kier alpha value is -2.07. The molecule has 2 rings (SSSR count). The minimum Gasteiger partial charge on any atom is -0.379 e. The van der Waals surface area contributed by atoms with Crippen LogP contribution in [0.5, 0.6) is 0 Å². The summed E-state index contributed by atoms with van der Waals surface area (Å²) in [5.41, 5.74) is 6.13. The lowest BCUT2D eigenvalue weighted by Gasteiger charge is -2.15. The molecule has 0 radical (unpaired) electrons. The quantitative estimate of drug-likeness (QED) is 0.304. The van der Waals surface area contributed by atoms with Crippen LogP contribution in [0, 0.1) is 0 Å². The van der Waals surface area contributed by atoms with E-state index in [1.807, 2.05) is 6.08 Å². The third-order valence-corrected chi connectivity index (χ3v) is 4.22. The van der Waals surface area contributed by atoms with E-state index in [9.17, 15) is 14.4 Å². The van der Waals surface area contributed by atoms with Crippen LogP contribution in [0.25, 0.3) is 0 Å². The number of hydrogen-bond donors (Lipinski definition) is 1. The van der Waals surface area contributed by atoms with Crippen molar-refractivity contribution in [3.8, 4) is 0 Å². The van der Waals surface area contributed by atoms with Gasteiger partial charge in [0.2, 0.25) is 5.91 Å². The van der Waals surface area contributed by atoms with E-state index in [-0.39, 0.29) is 37.3 Å². The molecule has 0 aromatic carbocycles. The number of primary amides is 1. The molecule has 0 saturated carbocycles. The van der Waals surface area contributed by atoms with Crippen molar-refractivity contribution >= 4 is 17.7 Å². The number of imide groups is 1. The van der Waals surface area contributed by atoms with E-state index in [4.69, 9.17) is 24.7 Å². The number of carbonyl (C=O) groups is 3. The van der Waals surface area contributed by atoms with Crippen LogP contribution in [-0.4, -0.2) is 82.0 Å². The standard InChI is InChI=1S/C19H28N2O7/c20-17(22)5-7-25-9-11-27-13-14-28-12-10-26-8-6-21-18(23)15-3-1-2-4-16(15)19(21)24/h1,3H,2,4-14H2,(H2,20,22). The van der Waals surface area contributed by atoms with Crippen molar-refractivity contribution in [3.63, 3.8) is 0 Å². The lowest BCUT2D eigenvalue weighted by atomic mass is 10.00. The number of nitrogens with zero attached hydrogens (tertiary/aromatic N) is 1. The third-order valence-electron chi connectivity index (χ3n) is 4.22. The Bertz CT molecular complexity index is 615. The zero-order valence-corrected chi connectivity index (χ0v) is 16.0. The van der Waals surface area contributed by atoms with Crippen molar-refractivity contribution < 1.29 is 33.3 Å². The second kappa shape index (κ2) is 12.4. The maximum absolute atomic E-state index is 12.2. The topological polar surface area (TPSA) is 117 Å². The van der Waals surface area contributed by atoms with E-state index in [1.54, 1.807) is 6.08 Å². The van der Waals surface area contributed by atoms with Gasteiger partial charge in [0.25, 0.3) is 11.8 Å². The molecule has 9 nitrogen and oxygen atoms in total. The smallest absolute Gasteiger partial charge is 0.261 e. The van der Waals surface area contributed by atoms with Crippen LogP contribution in [0.3, 0.4) is 0 Å². The highest BCUT2D eigenvalue weighted by Crippen LogP contribution is 2.28. The van der Waals surface area contributed by atoms with E-state index in [2.05, 4.69) is 0 Å². The molecule has 156 valence electrons. The van der Waals surface area contributed by atoms with Gasteiger partial charge in [0, 0.05) is 17.6 Å². The van der Waals surface area contributed by atoms with Gasteiger partial charge in [0.05, 0.1) is 59.4 Å². The second-order valence-corrected chi connectivity index (χ2v) is 6.26. The highest BCUT2D eigenvalue weighted by atomic mass is 16.6. The molecule has 1 heterocycles. The van der Waals surface area contributed by atoms with E-state index >= 15 is 0 Å². The van der Waals surface area contributed by atoms with Crippen molar-refractivity contribution in [2.24, 2.45) is 5.73 Å². The molecule has 0 atom stereocenters. The summed E-state index contributed by atoms with van der Waals surface area (Å²) in [5.74, 6) is -0.811. The number of carbonyl (C=O) groups excluding carboxylic acids is 3. The number of ether oxygens (including phenoxy) is 4. The minimum absolute atomic E-state index is 0.194. The first-order valence-corrected chi connectivity index (χ1v) is 9.46. The summed E-state index contributed by atoms with van der Waals surface area (Å²) < 4.78 is 21.3. The van der Waals surface area contributed by atoms with Crippen molar-refractivity contribution in [3.05, 3.63) is 23.3 Å². The predicted molar refractivity (Wildman–Crippen MR) is 99.2 cm³/mol. The van der Waals surface area contributed by atoms with Gasteiger partial charge in [-0.25, -0.2) is 0 Å². The van der Waals surface area contributed by atoms with Gasteiger partial charge < -0.3 is 24.7 Å². The minimum atomic E-state index is -0.386. The molecule has 2 N–H and O–H groups in total. The van der Waals surface area contributed by atoms with Crippen molar-refractivity contribution in [1.82, 2.24) is 4.90 Å². The van der Waals surface area contributed by atoms with E-state index in [0.717, 1.165) is 6.42 Å². The van der Waals surface area contributed by atoms with Gasteiger partial charge in [-0.15, -0.1) is 0 Å². The molecule has 0 fully saturated rings. The Balaban J connectivity index is 1.40. The van der Waals surface area contributed by atoms with Crippen LogP contribution < -0.4 is 5.73 Å². The molecule has 2 aliphatic rings. The summed E-state index contributed by atoms with van der Waals surface area (Å²) in [5, 5.41) is 0. The maximum Gasteiger partial charge on any atom is 0.261 e. The molecular weight excluding hydrogens is 368 g/mol. The summed E-state index contributed by atoms with van der Waals surface area (Å²) in [7, 11) is 0. The van der Waals surface area contributed by atoms with Gasteiger partial charge in [-0.1, -0.05) is 12.2 Å². The summed E-state index contributed by atoms with van der Waals surface area (Å²) in [6.07, 6.45) is 5.29. The molecule has 0 saturated heterocycles. The van der Waals surface area contributed by atoms with Gasteiger partial charge in [-0.3, -0.25) is 19.3 Å². The van der Waals surface area contributed by atoms with Crippen LogP contribution in [-0.2, 0) is 33.3 Å². The van der Waals surface area contributed by atoms with Crippen LogP contribution >= 0.6 is 0 Å². The van der Waals surface area contributed by atoms with Gasteiger partial charge in [-0.05, 0) is 12.8 Å². The van der Waals surface area contributed by atoms with Gasteiger partial charge >= 0.3 is 0 Å². The van der Waals surface area contributed by atoms with Crippen LogP contribution in [0.2, 0.25) is 0 Å². The zero-order valence-electron chi connectivity index (χ0n) is 16.0. The Labute approximate surface area is 164 Å². The van der Waals surface area contributed by atoms with Crippen molar-refractivity contribution in [2.45, 2.75) is 19.3 Å². The molecule has 9 heteroatoms. The molecular formula is C19H28N2O7. The molecule has 0 bridgehead atoms. The van der Waals surface area contributed by atoms with E-state index < -0.39 is 0 Å². The van der Waals surface area contributed by atoms with Crippen molar-refractivity contribution in [2.75, 3.05) is 59.4 Å². The second-order valence-electron chi connectivity index (χ2n) is 6.26. The van der Waals surface area contributed by atoms with Gasteiger partial charge in [0.1, 0.15) is 0 Å². The molecule has 28 heavy (non-hydrogen) atoms. The lowest BCUT2D eigenvalue weighted by Crippen LogP contribution is -2.34. The summed E-state index contributed by atoms with van der Waals surface area (Å²) in [6.45, 7) is 3.29. The van der Waals surface area contributed by atoms with E-state index in [0.29, 0.717) is 63.8 Å². The third kappa shape index (κ3) is 7.16. The maximum atomic E-state index is 12.2. The SMILES string of the molecule is NC(=O)CCOCCOCCOCCOCCN1C(=O)C2=C(CCC=C2)C1=O. The summed E-state index contributed by atoms with van der Waals surface area (Å²) >= 11 is 0. The molecule has 0 spiro atoms.